The van der Waals surface area contributed by atoms with Gasteiger partial charge in [-0.15, -0.1) is 11.3 Å². The van der Waals surface area contributed by atoms with Crippen LogP contribution in [-0.4, -0.2) is 52.9 Å². The second-order valence-corrected chi connectivity index (χ2v) is 12.1. The number of aliphatic imine (C=N–C) groups is 1. The molecule has 0 saturated carbocycles. The third-order valence-corrected chi connectivity index (χ3v) is 8.57. The Balaban J connectivity index is 1.62. The van der Waals surface area contributed by atoms with E-state index in [1.807, 2.05) is 40.1 Å². The van der Waals surface area contributed by atoms with E-state index in [2.05, 4.69) is 14.8 Å². The van der Waals surface area contributed by atoms with Crippen molar-refractivity contribution in [2.75, 3.05) is 13.1 Å². The molecule has 4 heterocycles. The first kappa shape index (κ1) is 27.4. The fourth-order valence-corrected chi connectivity index (χ4v) is 6.67. The van der Waals surface area contributed by atoms with E-state index < -0.39 is 28.7 Å². The number of carbonyl (C=O) groups excluding carboxylic acids is 1. The molecule has 0 spiro atoms. The van der Waals surface area contributed by atoms with Gasteiger partial charge >= 0.3 is 16.8 Å². The van der Waals surface area contributed by atoms with Crippen LogP contribution in [0.25, 0.3) is 5.57 Å². The topological polar surface area (TPSA) is 122 Å². The summed E-state index contributed by atoms with van der Waals surface area (Å²) in [6.07, 6.45) is 4.72. The summed E-state index contributed by atoms with van der Waals surface area (Å²) in [6, 6.07) is 4.95. The van der Waals surface area contributed by atoms with Crippen molar-refractivity contribution in [3.05, 3.63) is 74.6 Å². The maximum absolute atomic E-state index is 13.5. The van der Waals surface area contributed by atoms with Gasteiger partial charge in [0.05, 0.1) is 6.20 Å². The van der Waals surface area contributed by atoms with Crippen LogP contribution in [0.3, 0.4) is 0 Å². The van der Waals surface area contributed by atoms with Crippen LogP contribution in [0.2, 0.25) is 5.02 Å². The van der Waals surface area contributed by atoms with Crippen LogP contribution in [0.15, 0.2) is 52.9 Å². The van der Waals surface area contributed by atoms with E-state index in [0.29, 0.717) is 50.2 Å². The molecular formula is C24H24ClF2N7O3S2. The standard InChI is InChI=1S/C24H24ClF2N7O3S2/c1-13-3-4-17(18(25)7-13)21-20(16-10-29-34(12-16)24(26)27)19-8-15(9-30-39(36,37)32-14(2)35)11-33(19)22(31-21)23-28-5-6-38-23/h3-7,10,12,15,21,24,30H,8-9,11H2,1-2H3,(H,32,35)/t15?,21-/m0/s1. The minimum atomic E-state index is -4.03. The molecule has 2 N–H and O–H groups in total. The smallest absolute Gasteiger partial charge is 0.327 e. The Morgan fingerprint density at radius 2 is 2.13 bits per heavy atom. The van der Waals surface area contributed by atoms with Crippen molar-refractivity contribution in [2.45, 2.75) is 32.9 Å². The zero-order chi connectivity index (χ0) is 27.9. The first-order valence-corrected chi connectivity index (χ1v) is 14.6. The molecule has 1 aromatic carbocycles. The third-order valence-electron chi connectivity index (χ3n) is 6.37. The van der Waals surface area contributed by atoms with Crippen molar-refractivity contribution < 1.29 is 22.0 Å². The summed E-state index contributed by atoms with van der Waals surface area (Å²) in [5.41, 5.74) is 3.54. The third kappa shape index (κ3) is 5.73. The predicted molar refractivity (Wildman–Crippen MR) is 144 cm³/mol. The molecule has 2 aromatic heterocycles. The van der Waals surface area contributed by atoms with E-state index in [0.717, 1.165) is 18.2 Å². The molecule has 1 saturated heterocycles. The summed E-state index contributed by atoms with van der Waals surface area (Å²) in [4.78, 5) is 22.7. The molecule has 3 aromatic rings. The van der Waals surface area contributed by atoms with E-state index in [9.17, 15) is 22.0 Å². The van der Waals surface area contributed by atoms with Crippen molar-refractivity contribution in [3.63, 3.8) is 0 Å². The number of halogens is 3. The fourth-order valence-electron chi connectivity index (χ4n) is 4.78. The van der Waals surface area contributed by atoms with Gasteiger partial charge in [0.25, 0.3) is 0 Å². The van der Waals surface area contributed by atoms with Gasteiger partial charge in [-0.25, -0.2) is 14.4 Å². The van der Waals surface area contributed by atoms with Gasteiger partial charge in [-0.1, -0.05) is 23.7 Å². The van der Waals surface area contributed by atoms with E-state index in [4.69, 9.17) is 16.6 Å². The Kier molecular flexibility index (Phi) is 7.55. The van der Waals surface area contributed by atoms with E-state index in [1.165, 1.54) is 23.7 Å². The first-order chi connectivity index (χ1) is 18.5. The highest BCUT2D eigenvalue weighted by Gasteiger charge is 2.40. The zero-order valence-corrected chi connectivity index (χ0v) is 23.2. The number of fused-ring (bicyclic) bond motifs is 1. The maximum atomic E-state index is 13.5. The molecule has 0 radical (unpaired) electrons. The van der Waals surface area contributed by atoms with Crippen LogP contribution < -0.4 is 9.44 Å². The Morgan fingerprint density at radius 3 is 2.77 bits per heavy atom. The number of aromatic nitrogens is 3. The summed E-state index contributed by atoms with van der Waals surface area (Å²) in [7, 11) is -4.03. The van der Waals surface area contributed by atoms with Crippen LogP contribution in [0.1, 0.15) is 47.6 Å². The van der Waals surface area contributed by atoms with Crippen LogP contribution in [0, 0.1) is 12.8 Å². The average molecular weight is 596 g/mol. The molecule has 0 aliphatic carbocycles. The van der Waals surface area contributed by atoms with Crippen LogP contribution in [-0.2, 0) is 15.0 Å². The quantitative estimate of drug-likeness (QED) is 0.407. The van der Waals surface area contributed by atoms with Gasteiger partial charge < -0.3 is 4.90 Å². The Morgan fingerprint density at radius 1 is 1.33 bits per heavy atom. The number of nitrogens with zero attached hydrogens (tertiary/aromatic N) is 5. The summed E-state index contributed by atoms with van der Waals surface area (Å²) in [6.45, 7) is 0.626. The number of allylic oxidation sites excluding steroid dienone is 1. The van der Waals surface area contributed by atoms with Gasteiger partial charge in [0.2, 0.25) is 5.91 Å². The molecule has 2 aliphatic heterocycles. The molecule has 39 heavy (non-hydrogen) atoms. The summed E-state index contributed by atoms with van der Waals surface area (Å²) >= 11 is 8.09. The van der Waals surface area contributed by atoms with Crippen molar-refractivity contribution >= 4 is 50.5 Å². The van der Waals surface area contributed by atoms with E-state index in [1.54, 1.807) is 6.20 Å². The monoisotopic (exact) mass is 595 g/mol. The molecule has 1 unspecified atom stereocenters. The van der Waals surface area contributed by atoms with Crippen LogP contribution in [0.5, 0.6) is 0 Å². The number of benzene rings is 1. The number of aryl methyl sites for hydroxylation is 1. The highest BCUT2D eigenvalue weighted by atomic mass is 35.5. The lowest BCUT2D eigenvalue weighted by molar-refractivity contribution is -0.117. The van der Waals surface area contributed by atoms with Crippen molar-refractivity contribution in [2.24, 2.45) is 10.9 Å². The summed E-state index contributed by atoms with van der Waals surface area (Å²) in [5, 5.41) is 6.80. The number of thiazole rings is 1. The summed E-state index contributed by atoms with van der Waals surface area (Å²) in [5.74, 6) is -0.344. The normalized spacial score (nSPS) is 19.4. The molecular weight excluding hydrogens is 572 g/mol. The van der Waals surface area contributed by atoms with E-state index >= 15 is 0 Å². The molecule has 15 heteroatoms. The molecule has 1 fully saturated rings. The second-order valence-electron chi connectivity index (χ2n) is 9.26. The number of hydrogen-bond donors (Lipinski definition) is 2. The van der Waals surface area contributed by atoms with Gasteiger partial charge in [0.15, 0.2) is 10.8 Å². The van der Waals surface area contributed by atoms with Crippen molar-refractivity contribution in [1.82, 2.24) is 29.1 Å². The van der Waals surface area contributed by atoms with Gasteiger partial charge in [0, 0.05) is 59.6 Å². The van der Waals surface area contributed by atoms with Crippen LogP contribution in [0.4, 0.5) is 8.78 Å². The lowest BCUT2D eigenvalue weighted by Crippen LogP contribution is -2.41. The lowest BCUT2D eigenvalue weighted by Gasteiger charge is -2.32. The molecule has 1 amide bonds. The molecule has 2 aliphatic rings. The second kappa shape index (κ2) is 10.8. The highest BCUT2D eigenvalue weighted by Crippen LogP contribution is 2.47. The zero-order valence-electron chi connectivity index (χ0n) is 20.8. The highest BCUT2D eigenvalue weighted by molar-refractivity contribution is 7.88. The molecule has 0 bridgehead atoms. The fraction of sp³-hybridized carbons (Fsp3) is 0.333. The van der Waals surface area contributed by atoms with Gasteiger partial charge in [-0.2, -0.15) is 27.0 Å². The molecule has 5 rings (SSSR count). The number of alkyl halides is 2. The number of rotatable bonds is 8. The van der Waals surface area contributed by atoms with E-state index in [-0.39, 0.29) is 12.5 Å². The average Bonchev–Trinajstić information content (AvgIpc) is 3.62. The Bertz CT molecular complexity index is 1570. The first-order valence-electron chi connectivity index (χ1n) is 11.9. The van der Waals surface area contributed by atoms with Crippen LogP contribution >= 0.6 is 22.9 Å². The number of nitrogens with one attached hydrogen (secondary N) is 2. The number of amides is 1. The van der Waals surface area contributed by atoms with Crippen molar-refractivity contribution in [1.29, 1.82) is 0 Å². The molecule has 2 atom stereocenters. The largest absolute Gasteiger partial charge is 0.333 e. The number of amidine groups is 1. The minimum Gasteiger partial charge on any atom is -0.327 e. The SMILES string of the molecule is CC(=O)NS(=O)(=O)NCC1CC2=C(c3cnn(C(F)F)c3)[C@H](c3ccc(C)cc3Cl)N=C(c3nccs3)N2C1. The van der Waals surface area contributed by atoms with Gasteiger partial charge in [-0.05, 0) is 36.5 Å². The van der Waals surface area contributed by atoms with Gasteiger partial charge in [-0.3, -0.25) is 9.79 Å². The maximum Gasteiger partial charge on any atom is 0.333 e. The summed E-state index contributed by atoms with van der Waals surface area (Å²) < 4.78 is 56.3. The van der Waals surface area contributed by atoms with Crippen molar-refractivity contribution in [3.8, 4) is 0 Å². The minimum absolute atomic E-state index is 0.0350. The van der Waals surface area contributed by atoms with Gasteiger partial charge in [0.1, 0.15) is 6.04 Å². The Labute approximate surface area is 232 Å². The number of carbonyl (C=O) groups is 1. The Hall–Kier alpha value is -3.20. The lowest BCUT2D eigenvalue weighted by atomic mass is 9.90. The number of hydrogen-bond acceptors (Lipinski definition) is 8. The molecule has 10 nitrogen and oxygen atoms in total. The molecule has 206 valence electrons. The predicted octanol–water partition coefficient (Wildman–Crippen LogP) is 3.90.